The van der Waals surface area contributed by atoms with Gasteiger partial charge in [-0.2, -0.15) is 0 Å². The molecule has 0 aliphatic rings. The van der Waals surface area contributed by atoms with Crippen LogP contribution in [0.2, 0.25) is 0 Å². The van der Waals surface area contributed by atoms with E-state index in [2.05, 4.69) is 15.6 Å². The Morgan fingerprint density at radius 2 is 2.18 bits per heavy atom. The highest BCUT2D eigenvalue weighted by Crippen LogP contribution is 2.14. The number of nitrogens with one attached hydrogen (secondary N) is 2. The van der Waals surface area contributed by atoms with Gasteiger partial charge in [0.25, 0.3) is 0 Å². The highest BCUT2D eigenvalue weighted by molar-refractivity contribution is 7.90. The van der Waals surface area contributed by atoms with Crippen molar-refractivity contribution < 1.29 is 13.2 Å². The molecule has 2 rings (SSSR count). The van der Waals surface area contributed by atoms with Crippen molar-refractivity contribution in [1.29, 1.82) is 0 Å². The van der Waals surface area contributed by atoms with E-state index in [-0.39, 0.29) is 10.9 Å². The van der Waals surface area contributed by atoms with Gasteiger partial charge in [0.2, 0.25) is 0 Å². The molecule has 0 bridgehead atoms. The van der Waals surface area contributed by atoms with Crippen molar-refractivity contribution in [3.05, 3.63) is 43.0 Å². The molecule has 0 unspecified atom stereocenters. The minimum Gasteiger partial charge on any atom is -0.338 e. The van der Waals surface area contributed by atoms with Gasteiger partial charge in [-0.1, -0.05) is 6.07 Å². The van der Waals surface area contributed by atoms with Gasteiger partial charge in [0.1, 0.15) is 0 Å². The number of rotatable bonds is 6. The monoisotopic (exact) mass is 322 g/mol. The summed E-state index contributed by atoms with van der Waals surface area (Å²) in [7, 11) is -3.29. The summed E-state index contributed by atoms with van der Waals surface area (Å²) in [4.78, 5) is 15.8. The third-order valence-corrected chi connectivity index (χ3v) is 4.07. The van der Waals surface area contributed by atoms with E-state index in [1.807, 2.05) is 10.8 Å². The lowest BCUT2D eigenvalue weighted by molar-refractivity contribution is 0.252. The van der Waals surface area contributed by atoms with Crippen LogP contribution in [0.1, 0.15) is 6.42 Å². The topological polar surface area (TPSA) is 93.1 Å². The van der Waals surface area contributed by atoms with Gasteiger partial charge in [0.15, 0.2) is 9.84 Å². The number of nitrogens with zero attached hydrogens (tertiary/aromatic N) is 2. The van der Waals surface area contributed by atoms with Gasteiger partial charge in [0.05, 0.1) is 11.2 Å². The number of aryl methyl sites for hydroxylation is 1. The maximum Gasteiger partial charge on any atom is 0.319 e. The molecule has 0 aliphatic carbocycles. The minimum absolute atomic E-state index is 0.172. The number of hydrogen-bond acceptors (Lipinski definition) is 4. The Balaban J connectivity index is 1.79. The van der Waals surface area contributed by atoms with Crippen LogP contribution in [0, 0.1) is 0 Å². The van der Waals surface area contributed by atoms with E-state index in [1.54, 1.807) is 24.7 Å². The van der Waals surface area contributed by atoms with E-state index in [1.165, 1.54) is 12.1 Å². The summed E-state index contributed by atoms with van der Waals surface area (Å²) in [6.07, 6.45) is 7.18. The summed E-state index contributed by atoms with van der Waals surface area (Å²) >= 11 is 0. The zero-order chi connectivity index (χ0) is 16.0. The quantitative estimate of drug-likeness (QED) is 0.788. The lowest BCUT2D eigenvalue weighted by Crippen LogP contribution is -2.30. The average Bonchev–Trinajstić information content (AvgIpc) is 2.96. The fourth-order valence-electron chi connectivity index (χ4n) is 1.86. The Labute approximate surface area is 129 Å². The summed E-state index contributed by atoms with van der Waals surface area (Å²) < 4.78 is 24.8. The number of benzene rings is 1. The first kappa shape index (κ1) is 16.0. The number of sulfone groups is 1. The summed E-state index contributed by atoms with van der Waals surface area (Å²) in [5, 5.41) is 5.33. The lowest BCUT2D eigenvalue weighted by atomic mass is 10.3. The number of urea groups is 1. The number of amides is 2. The van der Waals surface area contributed by atoms with Crippen LogP contribution in [-0.4, -0.2) is 36.8 Å². The molecule has 118 valence electrons. The second-order valence-electron chi connectivity index (χ2n) is 4.83. The number of carbonyl (C=O) groups excluding carboxylic acids is 1. The van der Waals surface area contributed by atoms with Gasteiger partial charge in [-0.15, -0.1) is 0 Å². The van der Waals surface area contributed by atoms with Crippen molar-refractivity contribution in [2.24, 2.45) is 0 Å². The van der Waals surface area contributed by atoms with Gasteiger partial charge in [0, 0.05) is 37.4 Å². The second-order valence-corrected chi connectivity index (χ2v) is 6.85. The molecular weight excluding hydrogens is 304 g/mol. The molecule has 2 aromatic rings. The largest absolute Gasteiger partial charge is 0.338 e. The maximum atomic E-state index is 11.7. The molecule has 1 aromatic heterocycles. The Bertz CT molecular complexity index is 726. The number of anilines is 1. The van der Waals surface area contributed by atoms with Crippen molar-refractivity contribution in [3.63, 3.8) is 0 Å². The van der Waals surface area contributed by atoms with Crippen LogP contribution in [0.15, 0.2) is 47.9 Å². The van der Waals surface area contributed by atoms with Crippen LogP contribution in [-0.2, 0) is 16.4 Å². The molecule has 2 amide bonds. The molecule has 2 N–H and O–H groups in total. The van der Waals surface area contributed by atoms with Crippen LogP contribution >= 0.6 is 0 Å². The van der Waals surface area contributed by atoms with Gasteiger partial charge in [-0.25, -0.2) is 18.2 Å². The zero-order valence-electron chi connectivity index (χ0n) is 12.2. The molecule has 0 aliphatic heterocycles. The molecule has 7 nitrogen and oxygen atoms in total. The highest BCUT2D eigenvalue weighted by atomic mass is 32.2. The predicted octanol–water partition coefficient (Wildman–Crippen LogP) is 1.50. The number of imidazole rings is 1. The molecule has 0 atom stereocenters. The third-order valence-electron chi connectivity index (χ3n) is 2.96. The first-order valence-electron chi connectivity index (χ1n) is 6.76. The predicted molar refractivity (Wildman–Crippen MR) is 83.4 cm³/mol. The smallest absolute Gasteiger partial charge is 0.319 e. The average molecular weight is 322 g/mol. The number of hydrogen-bond donors (Lipinski definition) is 2. The van der Waals surface area contributed by atoms with E-state index in [4.69, 9.17) is 0 Å². The molecule has 0 saturated carbocycles. The SMILES string of the molecule is CS(=O)(=O)c1cccc(NC(=O)NCCCn2ccnc2)c1. The Hall–Kier alpha value is -2.35. The minimum atomic E-state index is -3.29. The van der Waals surface area contributed by atoms with Crippen molar-refractivity contribution in [2.45, 2.75) is 17.9 Å². The molecule has 0 radical (unpaired) electrons. The summed E-state index contributed by atoms with van der Waals surface area (Å²) in [6, 6.07) is 5.78. The number of carbonyl (C=O) groups is 1. The van der Waals surface area contributed by atoms with Gasteiger partial charge in [-0.05, 0) is 24.6 Å². The first-order valence-corrected chi connectivity index (χ1v) is 8.65. The summed E-state index contributed by atoms with van der Waals surface area (Å²) in [5.74, 6) is 0. The van der Waals surface area contributed by atoms with Crippen LogP contribution in [0.3, 0.4) is 0 Å². The van der Waals surface area contributed by atoms with Crippen LogP contribution in [0.5, 0.6) is 0 Å². The standard InChI is InChI=1S/C14H18N4O3S/c1-22(20,21)13-5-2-4-12(10-13)17-14(19)16-6-3-8-18-9-7-15-11-18/h2,4-5,7,9-11H,3,6,8H2,1H3,(H2,16,17,19). The normalized spacial score (nSPS) is 11.1. The second kappa shape index (κ2) is 7.08. The van der Waals surface area contributed by atoms with Crippen molar-refractivity contribution in [2.75, 3.05) is 18.1 Å². The maximum absolute atomic E-state index is 11.7. The van der Waals surface area contributed by atoms with Gasteiger partial charge < -0.3 is 15.2 Å². The molecule has 0 fully saturated rings. The van der Waals surface area contributed by atoms with E-state index in [0.717, 1.165) is 19.2 Å². The summed E-state index contributed by atoms with van der Waals surface area (Å²) in [6.45, 7) is 1.28. The summed E-state index contributed by atoms with van der Waals surface area (Å²) in [5.41, 5.74) is 0.440. The molecule has 0 saturated heterocycles. The molecular formula is C14H18N4O3S. The van der Waals surface area contributed by atoms with Gasteiger partial charge in [-0.3, -0.25) is 0 Å². The molecule has 1 aromatic carbocycles. The van der Waals surface area contributed by atoms with Crippen molar-refractivity contribution >= 4 is 21.6 Å². The third kappa shape index (κ3) is 4.88. The Morgan fingerprint density at radius 3 is 2.86 bits per heavy atom. The van der Waals surface area contributed by atoms with E-state index in [9.17, 15) is 13.2 Å². The van der Waals surface area contributed by atoms with E-state index in [0.29, 0.717) is 12.2 Å². The Kier molecular flexibility index (Phi) is 5.16. The lowest BCUT2D eigenvalue weighted by Gasteiger charge is -2.09. The van der Waals surface area contributed by atoms with E-state index >= 15 is 0 Å². The van der Waals surface area contributed by atoms with Crippen LogP contribution in [0.4, 0.5) is 10.5 Å². The van der Waals surface area contributed by atoms with Crippen LogP contribution < -0.4 is 10.6 Å². The fourth-order valence-corrected chi connectivity index (χ4v) is 2.53. The van der Waals surface area contributed by atoms with Gasteiger partial charge >= 0.3 is 6.03 Å². The Morgan fingerprint density at radius 1 is 1.36 bits per heavy atom. The fraction of sp³-hybridized carbons (Fsp3) is 0.286. The van der Waals surface area contributed by atoms with E-state index < -0.39 is 9.84 Å². The van der Waals surface area contributed by atoms with Crippen molar-refractivity contribution in [1.82, 2.24) is 14.9 Å². The molecule has 22 heavy (non-hydrogen) atoms. The molecule has 1 heterocycles. The zero-order valence-corrected chi connectivity index (χ0v) is 13.0. The first-order chi connectivity index (χ1) is 10.4. The highest BCUT2D eigenvalue weighted by Gasteiger charge is 2.08. The van der Waals surface area contributed by atoms with Crippen molar-refractivity contribution in [3.8, 4) is 0 Å². The van der Waals surface area contributed by atoms with Crippen LogP contribution in [0.25, 0.3) is 0 Å². The molecule has 0 spiro atoms. The number of aromatic nitrogens is 2. The molecule has 8 heteroatoms.